The molecule has 330 valence electrons. The van der Waals surface area contributed by atoms with Crippen LogP contribution in [0.5, 0.6) is 0 Å². The molecule has 0 N–H and O–H groups in total. The molecule has 2 heteroatoms. The molecule has 2 nitrogen and oxygen atoms in total. The van der Waals surface area contributed by atoms with Crippen molar-refractivity contribution in [1.82, 2.24) is 0 Å². The maximum absolute atomic E-state index is 7.08. The molecule has 0 atom stereocenters. The van der Waals surface area contributed by atoms with Crippen LogP contribution in [0.4, 0.5) is 17.1 Å². The Hall–Kier alpha value is -8.72. The maximum atomic E-state index is 7.08. The molecule has 2 aliphatic carbocycles. The van der Waals surface area contributed by atoms with E-state index in [9.17, 15) is 0 Å². The van der Waals surface area contributed by atoms with Gasteiger partial charge in [-0.3, -0.25) is 0 Å². The second kappa shape index (κ2) is 15.4. The van der Waals surface area contributed by atoms with Crippen molar-refractivity contribution < 1.29 is 4.42 Å². The van der Waals surface area contributed by atoms with Crippen molar-refractivity contribution in [3.05, 3.63) is 282 Å². The van der Waals surface area contributed by atoms with Crippen LogP contribution < -0.4 is 4.90 Å². The van der Waals surface area contributed by atoms with Crippen molar-refractivity contribution in [2.75, 3.05) is 4.90 Å². The van der Waals surface area contributed by atoms with Crippen LogP contribution in [-0.2, 0) is 10.8 Å². The molecule has 0 aliphatic heterocycles. The normalized spacial score (nSPS) is 13.8. The Morgan fingerprint density at radius 2 is 0.871 bits per heavy atom. The lowest BCUT2D eigenvalue weighted by atomic mass is 9.67. The monoisotopic (exact) mass is 893 g/mol. The number of hydrogen-bond donors (Lipinski definition) is 0. The minimum absolute atomic E-state index is 0.206. The number of furan rings is 1. The van der Waals surface area contributed by atoms with Gasteiger partial charge in [0.05, 0.1) is 11.1 Å². The Bertz CT molecular complexity index is 3970. The molecule has 0 radical (unpaired) electrons. The van der Waals surface area contributed by atoms with E-state index in [0.717, 1.165) is 60.9 Å². The molecule has 12 aromatic rings. The summed E-state index contributed by atoms with van der Waals surface area (Å²) < 4.78 is 7.08. The first-order valence-electron chi connectivity index (χ1n) is 24.4. The van der Waals surface area contributed by atoms with Crippen LogP contribution in [0.2, 0.25) is 0 Å². The molecule has 1 heterocycles. The zero-order valence-corrected chi connectivity index (χ0v) is 39.0. The molecule has 0 amide bonds. The van der Waals surface area contributed by atoms with Crippen LogP contribution in [0.3, 0.4) is 0 Å². The third-order valence-electron chi connectivity index (χ3n) is 15.5. The molecular weight excluding hydrogens is 847 g/mol. The molecule has 0 unspecified atom stereocenters. The number of hydrogen-bond acceptors (Lipinski definition) is 2. The summed E-state index contributed by atoms with van der Waals surface area (Å²) in [6.45, 7) is 4.74. The van der Waals surface area contributed by atoms with Gasteiger partial charge in [0.25, 0.3) is 0 Å². The van der Waals surface area contributed by atoms with Gasteiger partial charge in [-0.15, -0.1) is 0 Å². The summed E-state index contributed by atoms with van der Waals surface area (Å²) in [6, 6.07) is 91.9. The van der Waals surface area contributed by atoms with Crippen LogP contribution in [-0.4, -0.2) is 0 Å². The highest BCUT2D eigenvalue weighted by Gasteiger charge is 2.46. The van der Waals surface area contributed by atoms with Crippen LogP contribution >= 0.6 is 0 Å². The van der Waals surface area contributed by atoms with Gasteiger partial charge in [0.15, 0.2) is 0 Å². The SMILES string of the molecule is CC1(C)c2ccccc2-c2ccc(N(c3ccc4c(c3)C(c3ccccc3)(c3ccccc3)c3ccccc3-4)c3cc4oc5c6ccccc6ccc5c4cc3-c3ccc(-c4ccccc4)cc3)cc21. The molecule has 0 bridgehead atoms. The van der Waals surface area contributed by atoms with Crippen molar-refractivity contribution in [1.29, 1.82) is 0 Å². The van der Waals surface area contributed by atoms with E-state index in [1.54, 1.807) is 0 Å². The molecule has 11 aromatic carbocycles. The van der Waals surface area contributed by atoms with E-state index in [-0.39, 0.29) is 5.41 Å². The molecule has 1 aromatic heterocycles. The zero-order chi connectivity index (χ0) is 46.6. The maximum Gasteiger partial charge on any atom is 0.143 e. The van der Waals surface area contributed by atoms with E-state index in [0.29, 0.717) is 0 Å². The van der Waals surface area contributed by atoms with Crippen LogP contribution in [0.25, 0.3) is 77.2 Å². The molecule has 0 saturated carbocycles. The summed E-state index contributed by atoms with van der Waals surface area (Å²) in [7, 11) is 0. The van der Waals surface area contributed by atoms with Crippen molar-refractivity contribution in [2.45, 2.75) is 24.7 Å². The first-order valence-corrected chi connectivity index (χ1v) is 24.4. The molecule has 0 saturated heterocycles. The van der Waals surface area contributed by atoms with Gasteiger partial charge in [-0.25, -0.2) is 0 Å². The fourth-order valence-electron chi connectivity index (χ4n) is 12.3. The number of nitrogens with zero attached hydrogens (tertiary/aromatic N) is 1. The summed E-state index contributed by atoms with van der Waals surface area (Å²) >= 11 is 0. The minimum Gasteiger partial charge on any atom is -0.455 e. The summed E-state index contributed by atoms with van der Waals surface area (Å²) in [6.07, 6.45) is 0. The second-order valence-electron chi connectivity index (χ2n) is 19.6. The standard InChI is InChI=1S/C68H47NO/c1-67(2)60-28-16-14-26-53(60)55-38-35-50(40-62(55)67)69(51-36-39-56-54-27-15-17-29-61(54)68(63(56)41-51,48-21-8-4-9-22-48)49-23-10-5-11-24-49)64-43-65-59(57-37-34-46-20-12-13-25-52(46)66(57)70-65)42-58(64)47-32-30-45(31-33-47)44-18-6-3-7-19-44/h3-43H,1-2H3. The fourth-order valence-corrected chi connectivity index (χ4v) is 12.3. The van der Waals surface area contributed by atoms with E-state index >= 15 is 0 Å². The van der Waals surface area contributed by atoms with Gasteiger partial charge in [-0.1, -0.05) is 220 Å². The lowest BCUT2D eigenvalue weighted by Gasteiger charge is -2.35. The first-order chi connectivity index (χ1) is 34.5. The Balaban J connectivity index is 1.08. The zero-order valence-electron chi connectivity index (χ0n) is 39.0. The molecular formula is C68H47NO. The summed E-state index contributed by atoms with van der Waals surface area (Å²) in [5.74, 6) is 0. The van der Waals surface area contributed by atoms with Gasteiger partial charge in [0.1, 0.15) is 11.2 Å². The smallest absolute Gasteiger partial charge is 0.143 e. The van der Waals surface area contributed by atoms with Gasteiger partial charge in [0, 0.05) is 44.6 Å². The van der Waals surface area contributed by atoms with Crippen molar-refractivity contribution in [2.24, 2.45) is 0 Å². The van der Waals surface area contributed by atoms with E-state index in [4.69, 9.17) is 4.42 Å². The van der Waals surface area contributed by atoms with Crippen LogP contribution in [0, 0.1) is 0 Å². The summed E-state index contributed by atoms with van der Waals surface area (Å²) in [5, 5.41) is 4.47. The average Bonchev–Trinajstić information content (AvgIpc) is 4.02. The number of rotatable bonds is 7. The number of fused-ring (bicyclic) bond motifs is 11. The highest BCUT2D eigenvalue weighted by Crippen LogP contribution is 2.58. The summed E-state index contributed by atoms with van der Waals surface area (Å²) in [5.41, 5.74) is 21.6. The number of anilines is 3. The molecule has 70 heavy (non-hydrogen) atoms. The van der Waals surface area contributed by atoms with Crippen molar-refractivity contribution in [3.8, 4) is 44.5 Å². The van der Waals surface area contributed by atoms with Gasteiger partial charge in [-0.2, -0.15) is 0 Å². The fraction of sp³-hybridized carbons (Fsp3) is 0.0588. The highest BCUT2D eigenvalue weighted by molar-refractivity contribution is 6.17. The summed E-state index contributed by atoms with van der Waals surface area (Å²) in [4.78, 5) is 2.51. The third kappa shape index (κ3) is 5.87. The van der Waals surface area contributed by atoms with Crippen molar-refractivity contribution in [3.63, 3.8) is 0 Å². The lowest BCUT2D eigenvalue weighted by molar-refractivity contribution is 0.660. The molecule has 0 spiro atoms. The lowest BCUT2D eigenvalue weighted by Crippen LogP contribution is -2.28. The molecule has 14 rings (SSSR count). The van der Waals surface area contributed by atoms with E-state index < -0.39 is 5.41 Å². The largest absolute Gasteiger partial charge is 0.455 e. The average molecular weight is 894 g/mol. The molecule has 2 aliphatic rings. The quantitative estimate of drug-likeness (QED) is 0.158. The van der Waals surface area contributed by atoms with Gasteiger partial charge in [-0.05, 0) is 114 Å². The Morgan fingerprint density at radius 1 is 0.343 bits per heavy atom. The predicted molar refractivity (Wildman–Crippen MR) is 292 cm³/mol. The Kier molecular flexibility index (Phi) is 8.88. The third-order valence-corrected chi connectivity index (χ3v) is 15.5. The number of benzene rings is 11. The topological polar surface area (TPSA) is 16.4 Å². The van der Waals surface area contributed by atoms with E-state index in [1.165, 1.54) is 66.8 Å². The van der Waals surface area contributed by atoms with Gasteiger partial charge in [0.2, 0.25) is 0 Å². The van der Waals surface area contributed by atoms with Crippen LogP contribution in [0.15, 0.2) is 253 Å². The van der Waals surface area contributed by atoms with Gasteiger partial charge < -0.3 is 9.32 Å². The second-order valence-corrected chi connectivity index (χ2v) is 19.6. The first kappa shape index (κ1) is 40.4. The van der Waals surface area contributed by atoms with Gasteiger partial charge >= 0.3 is 0 Å². The van der Waals surface area contributed by atoms with E-state index in [1.807, 2.05) is 0 Å². The highest BCUT2D eigenvalue weighted by atomic mass is 16.3. The predicted octanol–water partition coefficient (Wildman–Crippen LogP) is 18.2. The van der Waals surface area contributed by atoms with Crippen LogP contribution in [0.1, 0.15) is 47.2 Å². The van der Waals surface area contributed by atoms with Crippen molar-refractivity contribution >= 4 is 49.8 Å². The van der Waals surface area contributed by atoms with E-state index in [2.05, 4.69) is 267 Å². The Labute approximate surface area is 408 Å². The minimum atomic E-state index is -0.572. The molecule has 0 fully saturated rings. The Morgan fingerprint density at radius 3 is 1.57 bits per heavy atom.